The van der Waals surface area contributed by atoms with Crippen LogP contribution in [0.15, 0.2) is 59.3 Å². The van der Waals surface area contributed by atoms with E-state index in [2.05, 4.69) is 56.2 Å². The van der Waals surface area contributed by atoms with Crippen LogP contribution in [0.2, 0.25) is 0 Å². The third kappa shape index (κ3) is 15.7. The summed E-state index contributed by atoms with van der Waals surface area (Å²) in [6.45, 7) is 8.71. The highest BCUT2D eigenvalue weighted by Gasteiger charge is 2.07. The Morgan fingerprint density at radius 2 is 1.72 bits per heavy atom. The maximum Gasteiger partial charge on any atom is 0.143 e. The van der Waals surface area contributed by atoms with Crippen molar-refractivity contribution in [3.05, 3.63) is 59.3 Å². The number of nitrogens with zero attached hydrogens (tertiary/aromatic N) is 1. The molecule has 1 heterocycles. The Hall–Kier alpha value is -1.85. The fraction of sp³-hybridized carbons (Fsp3) is 0.500. The molecule has 2 N–H and O–H groups in total. The molecular weight excluding hydrogens is 380 g/mol. The van der Waals surface area contributed by atoms with Crippen molar-refractivity contribution in [3.63, 3.8) is 0 Å². The van der Waals surface area contributed by atoms with Crippen LogP contribution in [0.1, 0.15) is 53.4 Å². The Kier molecular flexibility index (Phi) is 17.0. The van der Waals surface area contributed by atoms with Crippen molar-refractivity contribution in [2.75, 3.05) is 23.9 Å². The normalized spacial score (nSPS) is 12.5. The monoisotopic (exact) mass is 418 g/mol. The van der Waals surface area contributed by atoms with Gasteiger partial charge in [-0.15, -0.1) is 0 Å². The summed E-state index contributed by atoms with van der Waals surface area (Å²) in [4.78, 5) is 15.4. The molecule has 5 heteroatoms. The highest BCUT2D eigenvalue weighted by Crippen LogP contribution is 2.13. The third-order valence-electron chi connectivity index (χ3n) is 4.13. The zero-order chi connectivity index (χ0) is 21.9. The zero-order valence-electron chi connectivity index (χ0n) is 18.6. The first-order valence-corrected chi connectivity index (χ1v) is 11.3. The van der Waals surface area contributed by atoms with Gasteiger partial charge in [-0.3, -0.25) is 0 Å². The Morgan fingerprint density at radius 3 is 2.31 bits per heavy atom. The molecule has 0 aliphatic carbocycles. The van der Waals surface area contributed by atoms with Gasteiger partial charge in [0.2, 0.25) is 0 Å². The number of nitrogens with one attached hydrogen (secondary N) is 1. The van der Waals surface area contributed by atoms with Gasteiger partial charge in [0.25, 0.3) is 0 Å². The maximum atomic E-state index is 11.2. The first-order chi connectivity index (χ1) is 14.0. The number of aliphatic hydroxyl groups is 1. The number of rotatable bonds is 13. The number of aldehydes is 1. The first-order valence-electron chi connectivity index (χ1n) is 10.1. The Morgan fingerprint density at radius 1 is 1.07 bits per heavy atom. The van der Waals surface area contributed by atoms with Crippen LogP contribution >= 0.6 is 11.8 Å². The Bertz CT molecular complexity index is 636. The summed E-state index contributed by atoms with van der Waals surface area (Å²) < 4.78 is 0. The summed E-state index contributed by atoms with van der Waals surface area (Å²) >= 11 is 1.77. The largest absolute Gasteiger partial charge is 0.400 e. The van der Waals surface area contributed by atoms with Gasteiger partial charge < -0.3 is 15.2 Å². The number of carbonyl (C=O) groups excluding carboxylic acids is 1. The van der Waals surface area contributed by atoms with E-state index >= 15 is 0 Å². The van der Waals surface area contributed by atoms with E-state index in [9.17, 15) is 4.79 Å². The topological polar surface area (TPSA) is 62.2 Å². The van der Waals surface area contributed by atoms with Crippen LogP contribution in [0.3, 0.4) is 0 Å². The number of anilines is 1. The van der Waals surface area contributed by atoms with Crippen molar-refractivity contribution in [3.8, 4) is 0 Å². The van der Waals surface area contributed by atoms with Crippen LogP contribution in [0.4, 0.5) is 5.82 Å². The minimum Gasteiger partial charge on any atom is -0.400 e. The van der Waals surface area contributed by atoms with Crippen molar-refractivity contribution >= 4 is 23.9 Å². The number of hydrogen-bond acceptors (Lipinski definition) is 5. The molecule has 162 valence electrons. The standard InChI is InChI=1S/C23H34N2OS.CH4O/c1-19(2)9-7-10-20(3)11-8-12-21(4)14-16-27-18-22(17-26)25-23-13-5-6-15-24-23;1-2/h5-6,9,11,13-15,17,22H,7-8,10,12,16,18H2,1-4H3,(H,24,25);2H,1H3/b20-11+,21-14+;. The highest BCUT2D eigenvalue weighted by atomic mass is 32.2. The number of aliphatic hydroxyl groups excluding tert-OH is 1. The molecule has 0 saturated heterocycles. The van der Waals surface area contributed by atoms with E-state index in [-0.39, 0.29) is 6.04 Å². The van der Waals surface area contributed by atoms with E-state index in [1.807, 2.05) is 18.2 Å². The molecule has 0 radical (unpaired) electrons. The number of allylic oxidation sites excluding steroid dienone is 5. The smallest absolute Gasteiger partial charge is 0.143 e. The molecule has 0 fully saturated rings. The van der Waals surface area contributed by atoms with Gasteiger partial charge in [0.15, 0.2) is 0 Å². The van der Waals surface area contributed by atoms with Crippen LogP contribution < -0.4 is 5.32 Å². The summed E-state index contributed by atoms with van der Waals surface area (Å²) in [5.41, 5.74) is 4.28. The van der Waals surface area contributed by atoms with Gasteiger partial charge in [0.05, 0.1) is 6.04 Å². The SMILES string of the molecule is CC(C)=CCC/C(C)=C/CC/C(C)=C/CSCC(C=O)Nc1ccccn1.CO. The van der Waals surface area contributed by atoms with Crippen LogP contribution in [-0.2, 0) is 4.79 Å². The highest BCUT2D eigenvalue weighted by molar-refractivity contribution is 7.99. The summed E-state index contributed by atoms with van der Waals surface area (Å²) in [5.74, 6) is 2.42. The average molecular weight is 419 g/mol. The molecule has 4 nitrogen and oxygen atoms in total. The van der Waals surface area contributed by atoms with Gasteiger partial charge in [-0.1, -0.05) is 41.0 Å². The summed E-state index contributed by atoms with van der Waals surface area (Å²) in [5, 5.41) is 10.2. The fourth-order valence-electron chi connectivity index (χ4n) is 2.49. The van der Waals surface area contributed by atoms with Crippen molar-refractivity contribution in [2.24, 2.45) is 0 Å². The van der Waals surface area contributed by atoms with E-state index in [0.717, 1.165) is 56.4 Å². The Balaban J connectivity index is 0.00000379. The second-order valence-electron chi connectivity index (χ2n) is 7.10. The quantitative estimate of drug-likeness (QED) is 0.240. The number of aromatic nitrogens is 1. The molecule has 1 unspecified atom stereocenters. The lowest BCUT2D eigenvalue weighted by Crippen LogP contribution is -2.24. The molecule has 1 aromatic rings. The lowest BCUT2D eigenvalue weighted by molar-refractivity contribution is -0.108. The second-order valence-corrected chi connectivity index (χ2v) is 8.17. The molecule has 1 rings (SSSR count). The minimum absolute atomic E-state index is 0.204. The fourth-order valence-corrected chi connectivity index (χ4v) is 3.44. The number of pyridine rings is 1. The van der Waals surface area contributed by atoms with Crippen molar-refractivity contribution < 1.29 is 9.90 Å². The average Bonchev–Trinajstić information content (AvgIpc) is 2.72. The van der Waals surface area contributed by atoms with E-state index in [1.165, 1.54) is 16.7 Å². The zero-order valence-corrected chi connectivity index (χ0v) is 19.5. The van der Waals surface area contributed by atoms with Crippen LogP contribution in [-0.4, -0.2) is 41.0 Å². The van der Waals surface area contributed by atoms with E-state index in [4.69, 9.17) is 5.11 Å². The molecule has 0 amide bonds. The van der Waals surface area contributed by atoms with E-state index in [0.29, 0.717) is 0 Å². The predicted molar refractivity (Wildman–Crippen MR) is 129 cm³/mol. The van der Waals surface area contributed by atoms with Crippen LogP contribution in [0.5, 0.6) is 0 Å². The molecule has 0 saturated carbocycles. The van der Waals surface area contributed by atoms with Crippen molar-refractivity contribution in [2.45, 2.75) is 59.4 Å². The first kappa shape index (κ1) is 27.2. The second kappa shape index (κ2) is 18.2. The van der Waals surface area contributed by atoms with Gasteiger partial charge in [0.1, 0.15) is 12.1 Å². The lowest BCUT2D eigenvalue weighted by atomic mass is 10.1. The van der Waals surface area contributed by atoms with Gasteiger partial charge in [-0.25, -0.2) is 4.98 Å². The summed E-state index contributed by atoms with van der Waals surface area (Å²) in [7, 11) is 1.00. The maximum absolute atomic E-state index is 11.2. The van der Waals surface area contributed by atoms with Gasteiger partial charge >= 0.3 is 0 Å². The van der Waals surface area contributed by atoms with Crippen LogP contribution in [0, 0.1) is 0 Å². The summed E-state index contributed by atoms with van der Waals surface area (Å²) in [6.07, 6.45) is 14.1. The molecule has 0 bridgehead atoms. The minimum atomic E-state index is -0.204. The predicted octanol–water partition coefficient (Wildman–Crippen LogP) is 5.82. The molecule has 1 aromatic heterocycles. The van der Waals surface area contributed by atoms with E-state index < -0.39 is 0 Å². The van der Waals surface area contributed by atoms with E-state index in [1.54, 1.807) is 18.0 Å². The molecule has 0 aliphatic rings. The van der Waals surface area contributed by atoms with Gasteiger partial charge in [0, 0.05) is 24.8 Å². The van der Waals surface area contributed by atoms with Gasteiger partial charge in [-0.05, 0) is 65.5 Å². The van der Waals surface area contributed by atoms with Gasteiger partial charge in [-0.2, -0.15) is 11.8 Å². The molecule has 29 heavy (non-hydrogen) atoms. The molecule has 0 aromatic carbocycles. The number of thioether (sulfide) groups is 1. The summed E-state index contributed by atoms with van der Waals surface area (Å²) in [6, 6.07) is 5.45. The lowest BCUT2D eigenvalue weighted by Gasteiger charge is -2.12. The molecular formula is C24H38N2O2S. The molecule has 1 atom stereocenters. The molecule has 0 spiro atoms. The number of carbonyl (C=O) groups is 1. The van der Waals surface area contributed by atoms with Crippen molar-refractivity contribution in [1.29, 1.82) is 0 Å². The third-order valence-corrected chi connectivity index (χ3v) is 5.13. The molecule has 0 aliphatic heterocycles. The van der Waals surface area contributed by atoms with Crippen molar-refractivity contribution in [1.82, 2.24) is 4.98 Å². The Labute approximate surface area is 181 Å². The number of hydrogen-bond donors (Lipinski definition) is 2. The van der Waals surface area contributed by atoms with Crippen LogP contribution in [0.25, 0.3) is 0 Å².